The Bertz CT molecular complexity index is 997. The number of hydrogen-bond acceptors (Lipinski definition) is 6. The normalized spacial score (nSPS) is 11.4. The van der Waals surface area contributed by atoms with Crippen molar-refractivity contribution < 1.29 is 17.6 Å². The number of hydrogen-bond donors (Lipinski definition) is 1. The maximum atomic E-state index is 13.1. The molecular formula is C21H24N2O4S. The number of sulfone groups is 1. The van der Waals surface area contributed by atoms with Gasteiger partial charge in [0.2, 0.25) is 26.6 Å². The highest BCUT2D eigenvalue weighted by molar-refractivity contribution is 7.91. The lowest BCUT2D eigenvalue weighted by Crippen LogP contribution is -2.08. The standard InChI is InChI=1S/C21H24N2O4S/c1-3-5-15-22-20-21(28(24,25)18-9-7-6-8-10-18)23-19(27-20)16-11-13-17(14-12-16)26-4-2/h6-14,22H,3-5,15H2,1-2H3. The van der Waals surface area contributed by atoms with E-state index in [0.29, 0.717) is 18.7 Å². The minimum Gasteiger partial charge on any atom is -0.494 e. The van der Waals surface area contributed by atoms with Crippen molar-refractivity contribution in [2.75, 3.05) is 18.5 Å². The van der Waals surface area contributed by atoms with Crippen molar-refractivity contribution >= 4 is 15.7 Å². The molecule has 0 aliphatic heterocycles. The molecule has 0 aliphatic rings. The molecule has 3 rings (SSSR count). The van der Waals surface area contributed by atoms with Crippen LogP contribution in [0.2, 0.25) is 0 Å². The Labute approximate surface area is 165 Å². The fourth-order valence-electron chi connectivity index (χ4n) is 2.67. The largest absolute Gasteiger partial charge is 0.494 e. The fraction of sp³-hybridized carbons (Fsp3) is 0.286. The summed E-state index contributed by atoms with van der Waals surface area (Å²) in [6, 6.07) is 15.4. The van der Waals surface area contributed by atoms with Gasteiger partial charge in [-0.3, -0.25) is 0 Å². The van der Waals surface area contributed by atoms with Gasteiger partial charge in [-0.15, -0.1) is 0 Å². The molecule has 6 nitrogen and oxygen atoms in total. The van der Waals surface area contributed by atoms with E-state index >= 15 is 0 Å². The van der Waals surface area contributed by atoms with E-state index in [1.807, 2.05) is 6.92 Å². The van der Waals surface area contributed by atoms with E-state index in [1.54, 1.807) is 54.6 Å². The summed E-state index contributed by atoms with van der Waals surface area (Å²) >= 11 is 0. The van der Waals surface area contributed by atoms with Gasteiger partial charge in [0, 0.05) is 12.1 Å². The van der Waals surface area contributed by atoms with Gasteiger partial charge < -0.3 is 14.5 Å². The van der Waals surface area contributed by atoms with Crippen LogP contribution in [0, 0.1) is 0 Å². The first-order chi connectivity index (χ1) is 13.6. The van der Waals surface area contributed by atoms with E-state index < -0.39 is 9.84 Å². The maximum absolute atomic E-state index is 13.1. The van der Waals surface area contributed by atoms with E-state index in [-0.39, 0.29) is 21.7 Å². The molecule has 0 aliphatic carbocycles. The van der Waals surface area contributed by atoms with Gasteiger partial charge in [-0.25, -0.2) is 8.42 Å². The topological polar surface area (TPSA) is 81.4 Å². The van der Waals surface area contributed by atoms with Crippen molar-refractivity contribution in [2.45, 2.75) is 36.6 Å². The van der Waals surface area contributed by atoms with Crippen LogP contribution in [0.5, 0.6) is 5.75 Å². The molecule has 3 aromatic rings. The zero-order valence-electron chi connectivity index (χ0n) is 16.0. The zero-order chi connectivity index (χ0) is 20.0. The Morgan fingerprint density at radius 2 is 1.75 bits per heavy atom. The summed E-state index contributed by atoms with van der Waals surface area (Å²) in [6.45, 7) is 5.15. The molecule has 1 N–H and O–H groups in total. The van der Waals surface area contributed by atoms with Crippen molar-refractivity contribution in [3.63, 3.8) is 0 Å². The van der Waals surface area contributed by atoms with E-state index in [4.69, 9.17) is 9.15 Å². The van der Waals surface area contributed by atoms with Crippen molar-refractivity contribution in [3.05, 3.63) is 54.6 Å². The summed E-state index contributed by atoms with van der Waals surface area (Å²) in [4.78, 5) is 4.51. The Morgan fingerprint density at radius 3 is 2.39 bits per heavy atom. The van der Waals surface area contributed by atoms with Crippen molar-refractivity contribution in [3.8, 4) is 17.2 Å². The van der Waals surface area contributed by atoms with Crippen molar-refractivity contribution in [2.24, 2.45) is 0 Å². The van der Waals surface area contributed by atoms with Gasteiger partial charge >= 0.3 is 0 Å². The summed E-state index contributed by atoms with van der Waals surface area (Å²) in [5.74, 6) is 1.15. The van der Waals surface area contributed by atoms with Gasteiger partial charge in [0.15, 0.2) is 0 Å². The van der Waals surface area contributed by atoms with E-state index in [9.17, 15) is 8.42 Å². The first-order valence-corrected chi connectivity index (χ1v) is 10.8. The SMILES string of the molecule is CCCCNc1oc(-c2ccc(OCC)cc2)nc1S(=O)(=O)c1ccccc1. The average Bonchev–Trinajstić information content (AvgIpc) is 3.15. The summed E-state index contributed by atoms with van der Waals surface area (Å²) in [7, 11) is -3.80. The lowest BCUT2D eigenvalue weighted by molar-refractivity contribution is 0.340. The molecule has 1 aromatic heterocycles. The Kier molecular flexibility index (Phi) is 6.36. The van der Waals surface area contributed by atoms with Crippen LogP contribution in [0.25, 0.3) is 11.5 Å². The highest BCUT2D eigenvalue weighted by atomic mass is 32.2. The Hall–Kier alpha value is -2.80. The third kappa shape index (κ3) is 4.36. The second-order valence-electron chi connectivity index (χ2n) is 6.21. The minimum atomic E-state index is -3.80. The minimum absolute atomic E-state index is 0.0984. The average molecular weight is 401 g/mol. The number of aromatic nitrogens is 1. The van der Waals surface area contributed by atoms with Crippen molar-refractivity contribution in [1.82, 2.24) is 4.98 Å². The lowest BCUT2D eigenvalue weighted by Gasteiger charge is -2.05. The molecule has 0 saturated carbocycles. The number of unbranched alkanes of at least 4 members (excludes halogenated alkanes) is 1. The predicted molar refractivity (Wildman–Crippen MR) is 108 cm³/mol. The van der Waals surface area contributed by atoms with E-state index in [1.165, 1.54) is 0 Å². The summed E-state index contributed by atoms with van der Waals surface area (Å²) in [6.07, 6.45) is 1.87. The van der Waals surface area contributed by atoms with E-state index in [0.717, 1.165) is 18.6 Å². The van der Waals surface area contributed by atoms with Gasteiger partial charge in [-0.1, -0.05) is 31.5 Å². The van der Waals surface area contributed by atoms with Gasteiger partial charge in [0.05, 0.1) is 11.5 Å². The lowest BCUT2D eigenvalue weighted by atomic mass is 10.2. The van der Waals surface area contributed by atoms with Crippen LogP contribution < -0.4 is 10.1 Å². The zero-order valence-corrected chi connectivity index (χ0v) is 16.8. The second kappa shape index (κ2) is 8.93. The molecule has 7 heteroatoms. The molecule has 0 unspecified atom stereocenters. The Balaban J connectivity index is 2.00. The van der Waals surface area contributed by atoms with Crippen LogP contribution in [0.1, 0.15) is 26.7 Å². The van der Waals surface area contributed by atoms with Gasteiger partial charge in [0.25, 0.3) is 0 Å². The van der Waals surface area contributed by atoms with Gasteiger partial charge in [-0.05, 0) is 49.7 Å². The number of nitrogens with one attached hydrogen (secondary N) is 1. The highest BCUT2D eigenvalue weighted by Gasteiger charge is 2.28. The fourth-order valence-corrected chi connectivity index (χ4v) is 3.97. The van der Waals surface area contributed by atoms with Crippen LogP contribution in [0.3, 0.4) is 0 Å². The monoisotopic (exact) mass is 400 g/mol. The molecular weight excluding hydrogens is 376 g/mol. The molecule has 0 fully saturated rings. The first kappa shape index (κ1) is 19.9. The van der Waals surface area contributed by atoms with Gasteiger partial charge in [0.1, 0.15) is 5.75 Å². The Morgan fingerprint density at radius 1 is 1.04 bits per heavy atom. The van der Waals surface area contributed by atoms with E-state index in [2.05, 4.69) is 17.2 Å². The molecule has 2 aromatic carbocycles. The number of nitrogens with zero attached hydrogens (tertiary/aromatic N) is 1. The van der Waals surface area contributed by atoms with Crippen LogP contribution in [0.4, 0.5) is 5.88 Å². The first-order valence-electron chi connectivity index (χ1n) is 9.34. The second-order valence-corrected chi connectivity index (χ2v) is 8.07. The van der Waals surface area contributed by atoms with Crippen LogP contribution in [-0.4, -0.2) is 26.6 Å². The number of oxazole rings is 1. The predicted octanol–water partition coefficient (Wildman–Crippen LogP) is 4.79. The molecule has 0 radical (unpaired) electrons. The molecule has 1 heterocycles. The molecule has 0 saturated heterocycles. The third-order valence-corrected chi connectivity index (χ3v) is 5.81. The maximum Gasteiger partial charge on any atom is 0.233 e. The van der Waals surface area contributed by atoms with Crippen LogP contribution in [-0.2, 0) is 9.84 Å². The van der Waals surface area contributed by atoms with Gasteiger partial charge in [-0.2, -0.15) is 4.98 Å². The number of benzene rings is 2. The third-order valence-electron chi connectivity index (χ3n) is 4.13. The van der Waals surface area contributed by atoms with Crippen molar-refractivity contribution in [1.29, 1.82) is 0 Å². The molecule has 0 spiro atoms. The number of anilines is 1. The molecule has 148 valence electrons. The summed E-state index contributed by atoms with van der Waals surface area (Å²) in [5, 5.41) is 2.98. The molecule has 0 bridgehead atoms. The quantitative estimate of drug-likeness (QED) is 0.520. The molecule has 0 amide bonds. The van der Waals surface area contributed by atoms with Crippen LogP contribution >= 0.6 is 0 Å². The number of ether oxygens (including phenoxy) is 1. The summed E-state index contributed by atoms with van der Waals surface area (Å²) in [5.41, 5.74) is 0.677. The smallest absolute Gasteiger partial charge is 0.233 e. The van der Waals surface area contributed by atoms with Crippen LogP contribution in [0.15, 0.2) is 68.9 Å². The summed E-state index contributed by atoms with van der Waals surface area (Å²) < 4.78 is 37.4. The molecule has 28 heavy (non-hydrogen) atoms. The number of rotatable bonds is 9. The molecule has 0 atom stereocenters. The highest BCUT2D eigenvalue weighted by Crippen LogP contribution is 2.32.